The van der Waals surface area contributed by atoms with E-state index < -0.39 is 0 Å². The maximum atomic E-state index is 13.4. The summed E-state index contributed by atoms with van der Waals surface area (Å²) in [5.74, 6) is 1.18. The van der Waals surface area contributed by atoms with Crippen molar-refractivity contribution in [3.8, 4) is 16.9 Å². The molecule has 5 rings (SSSR count). The molecule has 2 atom stereocenters. The molecule has 0 aliphatic carbocycles. The van der Waals surface area contributed by atoms with Gasteiger partial charge in [0.05, 0.1) is 11.3 Å². The van der Waals surface area contributed by atoms with E-state index in [2.05, 4.69) is 5.32 Å². The Hall–Kier alpha value is -2.63. The van der Waals surface area contributed by atoms with Crippen LogP contribution >= 0.6 is 11.6 Å². The maximum absolute atomic E-state index is 13.4. The van der Waals surface area contributed by atoms with Crippen molar-refractivity contribution in [3.63, 3.8) is 0 Å². The fourth-order valence-corrected chi connectivity index (χ4v) is 4.38. The van der Waals surface area contributed by atoms with Crippen molar-refractivity contribution >= 4 is 17.5 Å². The van der Waals surface area contributed by atoms with E-state index in [1.54, 1.807) is 4.68 Å². The molecule has 2 saturated heterocycles. The first-order valence-electron chi connectivity index (χ1n) is 9.60. The summed E-state index contributed by atoms with van der Waals surface area (Å²) in [5.41, 5.74) is 3.16. The van der Waals surface area contributed by atoms with E-state index in [0.717, 1.165) is 37.4 Å². The molecular formula is C22H21ClN4O. The molecule has 2 aliphatic heterocycles. The van der Waals surface area contributed by atoms with Gasteiger partial charge in [-0.3, -0.25) is 4.79 Å². The zero-order valence-electron chi connectivity index (χ0n) is 15.4. The molecule has 6 heteroatoms. The van der Waals surface area contributed by atoms with Crippen LogP contribution in [0.15, 0.2) is 60.8 Å². The summed E-state index contributed by atoms with van der Waals surface area (Å²) in [6.45, 7) is 3.63. The Morgan fingerprint density at radius 1 is 1.00 bits per heavy atom. The second-order valence-electron chi connectivity index (χ2n) is 7.57. The molecule has 0 bridgehead atoms. The zero-order valence-corrected chi connectivity index (χ0v) is 16.1. The number of carbonyl (C=O) groups is 1. The Morgan fingerprint density at radius 2 is 1.68 bits per heavy atom. The lowest BCUT2D eigenvalue weighted by Gasteiger charge is -2.17. The van der Waals surface area contributed by atoms with Gasteiger partial charge in [-0.15, -0.1) is 0 Å². The minimum Gasteiger partial charge on any atom is -0.338 e. The molecule has 2 aromatic carbocycles. The fourth-order valence-electron chi connectivity index (χ4n) is 4.26. The Kier molecular flexibility index (Phi) is 4.41. The van der Waals surface area contributed by atoms with Crippen molar-refractivity contribution in [1.82, 2.24) is 20.0 Å². The van der Waals surface area contributed by atoms with Crippen LogP contribution in [0.4, 0.5) is 0 Å². The number of nitrogens with zero attached hydrogens (tertiary/aromatic N) is 3. The van der Waals surface area contributed by atoms with Crippen LogP contribution in [-0.2, 0) is 0 Å². The summed E-state index contributed by atoms with van der Waals surface area (Å²) in [6, 6.07) is 17.4. The van der Waals surface area contributed by atoms with Gasteiger partial charge in [-0.05, 0) is 36.1 Å². The van der Waals surface area contributed by atoms with Crippen molar-refractivity contribution < 1.29 is 4.79 Å². The van der Waals surface area contributed by atoms with Crippen LogP contribution in [0.2, 0.25) is 5.02 Å². The fraction of sp³-hybridized carbons (Fsp3) is 0.273. The van der Waals surface area contributed by atoms with Gasteiger partial charge < -0.3 is 10.2 Å². The summed E-state index contributed by atoms with van der Waals surface area (Å²) in [7, 11) is 0. The van der Waals surface area contributed by atoms with E-state index in [1.807, 2.05) is 65.7 Å². The van der Waals surface area contributed by atoms with E-state index in [0.29, 0.717) is 28.1 Å². The first-order chi connectivity index (χ1) is 13.7. The number of aromatic nitrogens is 2. The smallest absolute Gasteiger partial charge is 0.257 e. The third-order valence-electron chi connectivity index (χ3n) is 5.76. The van der Waals surface area contributed by atoms with Crippen LogP contribution in [0, 0.1) is 11.8 Å². The van der Waals surface area contributed by atoms with Crippen LogP contribution in [0.3, 0.4) is 0 Å². The second-order valence-corrected chi connectivity index (χ2v) is 8.00. The monoisotopic (exact) mass is 392 g/mol. The second kappa shape index (κ2) is 7.08. The number of fused-ring (bicyclic) bond motifs is 1. The highest BCUT2D eigenvalue weighted by Gasteiger charge is 2.39. The average Bonchev–Trinajstić information content (AvgIpc) is 3.43. The quantitative estimate of drug-likeness (QED) is 0.742. The van der Waals surface area contributed by atoms with Gasteiger partial charge in [0.1, 0.15) is 5.69 Å². The SMILES string of the molecule is O=C(c1cn(-c2ccccc2)nc1-c1ccc(Cl)cc1)N1C[C@H]2CNC[C@H]2C1. The molecule has 0 saturated carbocycles. The normalized spacial score (nSPS) is 21.1. The molecule has 1 aromatic heterocycles. The summed E-state index contributed by atoms with van der Waals surface area (Å²) in [5, 5.41) is 8.85. The number of halogens is 1. The number of carbonyl (C=O) groups excluding carboxylic acids is 1. The molecule has 1 amide bonds. The minimum atomic E-state index is 0.0570. The van der Waals surface area contributed by atoms with Gasteiger partial charge >= 0.3 is 0 Å². The van der Waals surface area contributed by atoms with Crippen molar-refractivity contribution in [3.05, 3.63) is 71.4 Å². The highest BCUT2D eigenvalue weighted by atomic mass is 35.5. The largest absolute Gasteiger partial charge is 0.338 e. The van der Waals surface area contributed by atoms with Crippen molar-refractivity contribution in [2.45, 2.75) is 0 Å². The van der Waals surface area contributed by atoms with Crippen LogP contribution in [0.5, 0.6) is 0 Å². The van der Waals surface area contributed by atoms with Crippen LogP contribution in [0.25, 0.3) is 16.9 Å². The van der Waals surface area contributed by atoms with Crippen molar-refractivity contribution in [2.75, 3.05) is 26.2 Å². The molecule has 3 heterocycles. The number of benzene rings is 2. The molecule has 142 valence electrons. The molecule has 3 aromatic rings. The predicted octanol–water partition coefficient (Wildman–Crippen LogP) is 3.48. The summed E-state index contributed by atoms with van der Waals surface area (Å²) >= 11 is 6.05. The van der Waals surface area contributed by atoms with E-state index >= 15 is 0 Å². The number of nitrogens with one attached hydrogen (secondary N) is 1. The Labute approximate surface area is 168 Å². The summed E-state index contributed by atoms with van der Waals surface area (Å²) in [6.07, 6.45) is 1.86. The highest BCUT2D eigenvalue weighted by molar-refractivity contribution is 6.30. The molecule has 0 spiro atoms. The third-order valence-corrected chi connectivity index (χ3v) is 6.01. The molecule has 2 fully saturated rings. The van der Waals surface area contributed by atoms with Gasteiger partial charge in [-0.1, -0.05) is 41.9 Å². The summed E-state index contributed by atoms with van der Waals surface area (Å²) < 4.78 is 1.79. The van der Waals surface area contributed by atoms with Crippen molar-refractivity contribution in [1.29, 1.82) is 0 Å². The minimum absolute atomic E-state index is 0.0570. The van der Waals surface area contributed by atoms with E-state index in [1.165, 1.54) is 0 Å². The van der Waals surface area contributed by atoms with Gasteiger partial charge in [-0.2, -0.15) is 5.10 Å². The number of likely N-dealkylation sites (tertiary alicyclic amines) is 1. The molecule has 1 N–H and O–H groups in total. The highest BCUT2D eigenvalue weighted by Crippen LogP contribution is 2.31. The molecule has 2 aliphatic rings. The maximum Gasteiger partial charge on any atom is 0.257 e. The number of hydrogen-bond acceptors (Lipinski definition) is 3. The van der Waals surface area contributed by atoms with Gasteiger partial charge in [0.2, 0.25) is 0 Å². The topological polar surface area (TPSA) is 50.2 Å². The van der Waals surface area contributed by atoms with E-state index in [-0.39, 0.29) is 5.91 Å². The zero-order chi connectivity index (χ0) is 19.1. The standard InChI is InChI=1S/C22H21ClN4O/c23-18-8-6-15(7-9-18)21-20(14-27(25-21)19-4-2-1-3-5-19)22(28)26-12-16-10-24-11-17(16)13-26/h1-9,14,16-17,24H,10-13H2/t16-,17+. The van der Waals surface area contributed by atoms with Crippen LogP contribution in [-0.4, -0.2) is 46.8 Å². The lowest BCUT2D eigenvalue weighted by molar-refractivity contribution is 0.0782. The molecule has 0 radical (unpaired) electrons. The predicted molar refractivity (Wildman–Crippen MR) is 110 cm³/mol. The molecular weight excluding hydrogens is 372 g/mol. The number of amides is 1. The number of hydrogen-bond donors (Lipinski definition) is 1. The van der Waals surface area contributed by atoms with Crippen LogP contribution in [0.1, 0.15) is 10.4 Å². The molecule has 0 unspecified atom stereocenters. The van der Waals surface area contributed by atoms with Crippen molar-refractivity contribution in [2.24, 2.45) is 11.8 Å². The van der Waals surface area contributed by atoms with Gasteiger partial charge in [0, 0.05) is 43.0 Å². The summed E-state index contributed by atoms with van der Waals surface area (Å²) in [4.78, 5) is 15.4. The Balaban J connectivity index is 1.54. The molecule has 28 heavy (non-hydrogen) atoms. The number of rotatable bonds is 3. The van der Waals surface area contributed by atoms with Gasteiger partial charge in [-0.25, -0.2) is 4.68 Å². The Bertz CT molecular complexity index is 987. The Morgan fingerprint density at radius 3 is 2.36 bits per heavy atom. The average molecular weight is 393 g/mol. The third kappa shape index (κ3) is 3.11. The van der Waals surface area contributed by atoms with E-state index in [9.17, 15) is 4.79 Å². The van der Waals surface area contributed by atoms with Gasteiger partial charge in [0.25, 0.3) is 5.91 Å². The lowest BCUT2D eigenvalue weighted by atomic mass is 10.0. The van der Waals surface area contributed by atoms with E-state index in [4.69, 9.17) is 16.7 Å². The number of para-hydroxylation sites is 1. The first kappa shape index (κ1) is 17.5. The van der Waals surface area contributed by atoms with Gasteiger partial charge in [0.15, 0.2) is 0 Å². The molecule has 5 nitrogen and oxygen atoms in total. The van der Waals surface area contributed by atoms with Crippen LogP contribution < -0.4 is 5.32 Å². The lowest BCUT2D eigenvalue weighted by Crippen LogP contribution is -2.32. The first-order valence-corrected chi connectivity index (χ1v) is 9.98.